The summed E-state index contributed by atoms with van der Waals surface area (Å²) in [5.41, 5.74) is 7.14. The molecule has 0 radical (unpaired) electrons. The molecule has 5 heteroatoms. The maximum absolute atomic E-state index is 11.8. The third-order valence-corrected chi connectivity index (χ3v) is 3.32. The van der Waals surface area contributed by atoms with E-state index in [1.165, 1.54) is 0 Å². The minimum Gasteiger partial charge on any atom is -0.481 e. The smallest absolute Gasteiger partial charge is 0.307 e. The predicted molar refractivity (Wildman–Crippen MR) is 77.1 cm³/mol. The Balaban J connectivity index is 2.57. The van der Waals surface area contributed by atoms with Crippen LogP contribution in [0.3, 0.4) is 0 Å². The fourth-order valence-electron chi connectivity index (χ4n) is 1.99. The molecule has 5 nitrogen and oxygen atoms in total. The third kappa shape index (κ3) is 5.40. The highest BCUT2D eigenvalue weighted by Crippen LogP contribution is 2.10. The Labute approximate surface area is 119 Å². The number of carboxylic acids is 1. The van der Waals surface area contributed by atoms with Gasteiger partial charge in [0.2, 0.25) is 5.91 Å². The van der Waals surface area contributed by atoms with Crippen molar-refractivity contribution in [3.63, 3.8) is 0 Å². The lowest BCUT2D eigenvalue weighted by Crippen LogP contribution is -2.28. The van der Waals surface area contributed by atoms with Crippen molar-refractivity contribution in [3.8, 4) is 0 Å². The van der Waals surface area contributed by atoms with Crippen molar-refractivity contribution >= 4 is 11.9 Å². The highest BCUT2D eigenvalue weighted by Gasteiger charge is 2.11. The molecule has 0 bridgehead atoms. The zero-order valence-electron chi connectivity index (χ0n) is 11.8. The van der Waals surface area contributed by atoms with Crippen LogP contribution in [-0.2, 0) is 22.6 Å². The summed E-state index contributed by atoms with van der Waals surface area (Å²) in [5.74, 6) is -0.727. The average molecular weight is 278 g/mol. The van der Waals surface area contributed by atoms with Gasteiger partial charge in [0.25, 0.3) is 0 Å². The van der Waals surface area contributed by atoms with E-state index in [9.17, 15) is 9.59 Å². The minimum absolute atomic E-state index is 0.0353. The second-order valence-electron chi connectivity index (χ2n) is 4.83. The van der Waals surface area contributed by atoms with Crippen LogP contribution in [0.1, 0.15) is 30.9 Å². The van der Waals surface area contributed by atoms with Crippen molar-refractivity contribution in [2.75, 3.05) is 6.54 Å². The molecule has 0 aliphatic carbocycles. The molecule has 0 aliphatic heterocycles. The summed E-state index contributed by atoms with van der Waals surface area (Å²) >= 11 is 0. The van der Waals surface area contributed by atoms with Gasteiger partial charge in [-0.3, -0.25) is 9.59 Å². The summed E-state index contributed by atoms with van der Waals surface area (Å²) in [7, 11) is 0. The number of carboxylic acid groups (broad SMARTS) is 1. The summed E-state index contributed by atoms with van der Waals surface area (Å²) in [5, 5.41) is 11.7. The molecule has 0 saturated heterocycles. The molecule has 0 aliphatic rings. The SMILES string of the molecule is CCC(CN)CC(=O)NCc1ccccc1CC(=O)O. The first-order valence-corrected chi connectivity index (χ1v) is 6.82. The minimum atomic E-state index is -0.877. The van der Waals surface area contributed by atoms with E-state index in [-0.39, 0.29) is 18.2 Å². The first-order valence-electron chi connectivity index (χ1n) is 6.82. The van der Waals surface area contributed by atoms with Crippen molar-refractivity contribution in [2.24, 2.45) is 11.7 Å². The molecule has 1 amide bonds. The summed E-state index contributed by atoms with van der Waals surface area (Å²) in [4.78, 5) is 22.6. The molecule has 0 fully saturated rings. The van der Waals surface area contributed by atoms with Crippen LogP contribution in [0.25, 0.3) is 0 Å². The molecule has 0 saturated carbocycles. The number of aliphatic carboxylic acids is 1. The van der Waals surface area contributed by atoms with Gasteiger partial charge in [-0.15, -0.1) is 0 Å². The van der Waals surface area contributed by atoms with Gasteiger partial charge in [-0.25, -0.2) is 0 Å². The Hall–Kier alpha value is -1.88. The van der Waals surface area contributed by atoms with Crippen LogP contribution < -0.4 is 11.1 Å². The fraction of sp³-hybridized carbons (Fsp3) is 0.467. The Kier molecular flexibility index (Phi) is 6.73. The number of carbonyl (C=O) groups is 2. The number of nitrogens with two attached hydrogens (primary N) is 1. The van der Waals surface area contributed by atoms with E-state index in [1.54, 1.807) is 12.1 Å². The zero-order chi connectivity index (χ0) is 15.0. The van der Waals surface area contributed by atoms with Gasteiger partial charge >= 0.3 is 5.97 Å². The topological polar surface area (TPSA) is 92.4 Å². The van der Waals surface area contributed by atoms with Gasteiger partial charge in [0, 0.05) is 13.0 Å². The number of nitrogens with one attached hydrogen (secondary N) is 1. The van der Waals surface area contributed by atoms with Crippen LogP contribution in [0.4, 0.5) is 0 Å². The van der Waals surface area contributed by atoms with Crippen molar-refractivity contribution in [1.82, 2.24) is 5.32 Å². The van der Waals surface area contributed by atoms with E-state index in [1.807, 2.05) is 19.1 Å². The van der Waals surface area contributed by atoms with Gasteiger partial charge in [0.1, 0.15) is 0 Å². The molecule has 0 aromatic heterocycles. The average Bonchev–Trinajstić information content (AvgIpc) is 2.43. The maximum atomic E-state index is 11.8. The Morgan fingerprint density at radius 3 is 2.50 bits per heavy atom. The number of rotatable bonds is 8. The second-order valence-corrected chi connectivity index (χ2v) is 4.83. The highest BCUT2D eigenvalue weighted by molar-refractivity contribution is 5.76. The van der Waals surface area contributed by atoms with E-state index in [0.29, 0.717) is 19.5 Å². The molecular weight excluding hydrogens is 256 g/mol. The molecule has 1 atom stereocenters. The molecule has 4 N–H and O–H groups in total. The van der Waals surface area contributed by atoms with Crippen molar-refractivity contribution in [2.45, 2.75) is 32.7 Å². The quantitative estimate of drug-likeness (QED) is 0.668. The molecule has 1 aromatic rings. The fourth-order valence-corrected chi connectivity index (χ4v) is 1.99. The van der Waals surface area contributed by atoms with E-state index in [0.717, 1.165) is 17.5 Å². The highest BCUT2D eigenvalue weighted by atomic mass is 16.4. The number of benzene rings is 1. The lowest BCUT2D eigenvalue weighted by Gasteiger charge is -2.13. The van der Waals surface area contributed by atoms with E-state index in [4.69, 9.17) is 10.8 Å². The Bertz CT molecular complexity index is 456. The van der Waals surface area contributed by atoms with Crippen LogP contribution >= 0.6 is 0 Å². The van der Waals surface area contributed by atoms with E-state index >= 15 is 0 Å². The molecule has 1 aromatic carbocycles. The summed E-state index contributed by atoms with van der Waals surface area (Å²) < 4.78 is 0. The second kappa shape index (κ2) is 8.32. The van der Waals surface area contributed by atoms with Gasteiger partial charge in [-0.05, 0) is 23.6 Å². The van der Waals surface area contributed by atoms with Gasteiger partial charge in [-0.1, -0.05) is 37.6 Å². The van der Waals surface area contributed by atoms with Crippen LogP contribution in [-0.4, -0.2) is 23.5 Å². The number of hydrogen-bond acceptors (Lipinski definition) is 3. The molecule has 0 spiro atoms. The number of amides is 1. The van der Waals surface area contributed by atoms with Crippen LogP contribution in [0.15, 0.2) is 24.3 Å². The van der Waals surface area contributed by atoms with Gasteiger partial charge in [0.15, 0.2) is 0 Å². The normalized spacial score (nSPS) is 11.9. The van der Waals surface area contributed by atoms with Crippen LogP contribution in [0, 0.1) is 5.92 Å². The summed E-state index contributed by atoms with van der Waals surface area (Å²) in [6.07, 6.45) is 1.25. The molecule has 1 unspecified atom stereocenters. The lowest BCUT2D eigenvalue weighted by molar-refractivity contribution is -0.136. The van der Waals surface area contributed by atoms with E-state index < -0.39 is 5.97 Å². The zero-order valence-corrected chi connectivity index (χ0v) is 11.8. The monoisotopic (exact) mass is 278 g/mol. The first kappa shape index (κ1) is 16.2. The summed E-state index contributed by atoms with van der Waals surface area (Å²) in [6.45, 7) is 2.86. The molecule has 110 valence electrons. The predicted octanol–water partition coefficient (Wildman–Crippen LogP) is 1.30. The van der Waals surface area contributed by atoms with Crippen LogP contribution in [0.5, 0.6) is 0 Å². The van der Waals surface area contributed by atoms with Crippen LogP contribution in [0.2, 0.25) is 0 Å². The molecule has 20 heavy (non-hydrogen) atoms. The van der Waals surface area contributed by atoms with Gasteiger partial charge < -0.3 is 16.2 Å². The number of hydrogen-bond donors (Lipinski definition) is 3. The summed E-state index contributed by atoms with van der Waals surface area (Å²) in [6, 6.07) is 7.23. The maximum Gasteiger partial charge on any atom is 0.307 e. The van der Waals surface area contributed by atoms with Gasteiger partial charge in [-0.2, -0.15) is 0 Å². The first-order chi connectivity index (χ1) is 9.56. The van der Waals surface area contributed by atoms with E-state index in [2.05, 4.69) is 5.32 Å². The Morgan fingerprint density at radius 2 is 1.95 bits per heavy atom. The van der Waals surface area contributed by atoms with Gasteiger partial charge in [0.05, 0.1) is 6.42 Å². The largest absolute Gasteiger partial charge is 0.481 e. The van der Waals surface area contributed by atoms with Crippen molar-refractivity contribution in [1.29, 1.82) is 0 Å². The molecule has 0 heterocycles. The standard InChI is InChI=1S/C15H22N2O3/c1-2-11(9-16)7-14(18)17-10-13-6-4-3-5-12(13)8-15(19)20/h3-6,11H,2,7-10,16H2,1H3,(H,17,18)(H,19,20). The van der Waals surface area contributed by atoms with Crippen molar-refractivity contribution < 1.29 is 14.7 Å². The lowest BCUT2D eigenvalue weighted by atomic mass is 10.0. The third-order valence-electron chi connectivity index (χ3n) is 3.32. The Morgan fingerprint density at radius 1 is 1.30 bits per heavy atom. The number of carbonyl (C=O) groups excluding carboxylic acids is 1. The molecule has 1 rings (SSSR count). The van der Waals surface area contributed by atoms with Crippen molar-refractivity contribution in [3.05, 3.63) is 35.4 Å². The molecular formula is C15H22N2O3.